The van der Waals surface area contributed by atoms with Crippen molar-refractivity contribution in [3.8, 4) is 0 Å². The topological polar surface area (TPSA) is 80.8 Å². The molecule has 0 N–H and O–H groups in total. The Hall–Kier alpha value is -2.64. The number of hydrogen-bond acceptors (Lipinski definition) is 5. The maximum atomic E-state index is 13.1. The molecule has 0 atom stereocenters. The van der Waals surface area contributed by atoms with Gasteiger partial charge < -0.3 is 4.74 Å². The van der Waals surface area contributed by atoms with Crippen molar-refractivity contribution in [3.63, 3.8) is 0 Å². The van der Waals surface area contributed by atoms with Crippen LogP contribution < -0.4 is 4.31 Å². The molecule has 0 aliphatic rings. The van der Waals surface area contributed by atoms with Gasteiger partial charge in [-0.2, -0.15) is 0 Å². The maximum Gasteiger partial charge on any atom is 0.338 e. The predicted molar refractivity (Wildman–Crippen MR) is 104 cm³/mol. The third kappa shape index (κ3) is 4.96. The van der Waals surface area contributed by atoms with Gasteiger partial charge in [-0.1, -0.05) is 35.9 Å². The first-order valence-electron chi connectivity index (χ1n) is 7.92. The Balaban J connectivity index is 2.43. The summed E-state index contributed by atoms with van der Waals surface area (Å²) in [5.74, 6) is -1.10. The molecule has 0 saturated heterocycles. The van der Waals surface area contributed by atoms with E-state index in [4.69, 9.17) is 16.3 Å². The molecule has 2 aromatic carbocycles. The van der Waals surface area contributed by atoms with E-state index in [1.165, 1.54) is 37.3 Å². The van der Waals surface area contributed by atoms with E-state index in [1.54, 1.807) is 24.3 Å². The lowest BCUT2D eigenvalue weighted by molar-refractivity contribution is -0.120. The van der Waals surface area contributed by atoms with Crippen molar-refractivity contribution < 1.29 is 22.7 Å². The molecule has 0 aliphatic carbocycles. The predicted octanol–water partition coefficient (Wildman–Crippen LogP) is 3.47. The third-order valence-corrected chi connectivity index (χ3v) is 5.58. The standard InChI is InChI=1S/C19H18ClNO5S/c1-3-11-21(18-10-5-4-9-17(18)20)27(24,25)16-8-6-7-15(12-16)19(23)26-13-14(2)22/h3-10,12H,1,11,13H2,2H3. The van der Waals surface area contributed by atoms with Crippen molar-refractivity contribution in [3.05, 3.63) is 71.8 Å². The van der Waals surface area contributed by atoms with Crippen LogP contribution in [-0.4, -0.2) is 33.3 Å². The molecule has 0 amide bonds. The van der Waals surface area contributed by atoms with Gasteiger partial charge in [-0.3, -0.25) is 9.10 Å². The highest BCUT2D eigenvalue weighted by molar-refractivity contribution is 7.92. The highest BCUT2D eigenvalue weighted by Gasteiger charge is 2.26. The van der Waals surface area contributed by atoms with Crippen molar-refractivity contribution in [2.75, 3.05) is 17.5 Å². The summed E-state index contributed by atoms with van der Waals surface area (Å²) in [5.41, 5.74) is 0.318. The molecule has 0 unspecified atom stereocenters. The number of para-hydroxylation sites is 1. The molecule has 8 heteroatoms. The summed E-state index contributed by atoms with van der Waals surface area (Å²) in [5, 5.41) is 0.264. The third-order valence-electron chi connectivity index (χ3n) is 3.48. The average Bonchev–Trinajstić information content (AvgIpc) is 2.65. The molecule has 0 radical (unpaired) electrons. The van der Waals surface area contributed by atoms with Gasteiger partial charge in [0.15, 0.2) is 5.78 Å². The summed E-state index contributed by atoms with van der Waals surface area (Å²) in [6.07, 6.45) is 1.44. The zero-order valence-corrected chi connectivity index (χ0v) is 16.2. The number of esters is 1. The number of carbonyl (C=O) groups excluding carboxylic acids is 2. The van der Waals surface area contributed by atoms with Gasteiger partial charge in [-0.05, 0) is 37.3 Å². The van der Waals surface area contributed by atoms with Crippen LogP contribution >= 0.6 is 11.6 Å². The number of hydrogen-bond donors (Lipinski definition) is 0. The van der Waals surface area contributed by atoms with Gasteiger partial charge in [0.05, 0.1) is 27.7 Å². The molecule has 0 aliphatic heterocycles. The zero-order valence-electron chi connectivity index (χ0n) is 14.6. The minimum absolute atomic E-state index is 0.00885. The normalized spacial score (nSPS) is 10.9. The number of carbonyl (C=O) groups is 2. The summed E-state index contributed by atoms with van der Waals surface area (Å²) in [6.45, 7) is 4.49. The summed E-state index contributed by atoms with van der Waals surface area (Å²) >= 11 is 6.15. The Labute approximate surface area is 163 Å². The summed E-state index contributed by atoms with van der Waals surface area (Å²) in [7, 11) is -4.02. The van der Waals surface area contributed by atoms with Crippen LogP contribution in [0.5, 0.6) is 0 Å². The Kier molecular flexibility index (Phi) is 6.76. The monoisotopic (exact) mass is 407 g/mol. The summed E-state index contributed by atoms with van der Waals surface area (Å²) in [6, 6.07) is 11.9. The number of halogens is 1. The van der Waals surface area contributed by atoms with E-state index in [1.807, 2.05) is 0 Å². The van der Waals surface area contributed by atoms with Crippen molar-refractivity contribution >= 4 is 39.1 Å². The van der Waals surface area contributed by atoms with Gasteiger partial charge in [0.25, 0.3) is 10.0 Å². The van der Waals surface area contributed by atoms with Gasteiger partial charge in [0, 0.05) is 0 Å². The van der Waals surface area contributed by atoms with Crippen LogP contribution in [0.2, 0.25) is 5.02 Å². The second-order valence-electron chi connectivity index (χ2n) is 5.58. The van der Waals surface area contributed by atoms with E-state index in [0.29, 0.717) is 5.69 Å². The molecule has 0 fully saturated rings. The molecule has 142 valence electrons. The summed E-state index contributed by atoms with van der Waals surface area (Å²) < 4.78 is 32.2. The molecule has 0 heterocycles. The van der Waals surface area contributed by atoms with Crippen LogP contribution in [0.1, 0.15) is 17.3 Å². The van der Waals surface area contributed by atoms with Crippen molar-refractivity contribution in [2.24, 2.45) is 0 Å². The number of anilines is 1. The first-order valence-corrected chi connectivity index (χ1v) is 9.74. The fraction of sp³-hybridized carbons (Fsp3) is 0.158. The van der Waals surface area contributed by atoms with Crippen LogP contribution in [0.25, 0.3) is 0 Å². The second-order valence-corrected chi connectivity index (χ2v) is 7.85. The Morgan fingerprint density at radius 2 is 1.89 bits per heavy atom. The van der Waals surface area contributed by atoms with E-state index in [0.717, 1.165) is 4.31 Å². The number of benzene rings is 2. The minimum Gasteiger partial charge on any atom is -0.454 e. The largest absolute Gasteiger partial charge is 0.454 e. The molecule has 0 saturated carbocycles. The molecular formula is C19H18ClNO5S. The van der Waals surface area contributed by atoms with E-state index in [-0.39, 0.29) is 34.4 Å². The molecule has 2 aromatic rings. The van der Waals surface area contributed by atoms with Gasteiger partial charge >= 0.3 is 5.97 Å². The quantitative estimate of drug-likeness (QED) is 0.494. The van der Waals surface area contributed by atoms with Crippen LogP contribution in [0.4, 0.5) is 5.69 Å². The molecular weight excluding hydrogens is 390 g/mol. The highest BCUT2D eigenvalue weighted by atomic mass is 35.5. The molecule has 0 bridgehead atoms. The van der Waals surface area contributed by atoms with Crippen LogP contribution in [0.3, 0.4) is 0 Å². The number of ether oxygens (including phenoxy) is 1. The lowest BCUT2D eigenvalue weighted by Gasteiger charge is -2.24. The van der Waals surface area contributed by atoms with E-state index in [2.05, 4.69) is 6.58 Å². The number of ketones is 1. The number of Topliss-reactive ketones (excluding diaryl/α,β-unsaturated/α-hetero) is 1. The lowest BCUT2D eigenvalue weighted by Crippen LogP contribution is -2.31. The van der Waals surface area contributed by atoms with Gasteiger partial charge in [0.1, 0.15) is 6.61 Å². The smallest absolute Gasteiger partial charge is 0.338 e. The SMILES string of the molecule is C=CCN(c1ccccc1Cl)S(=O)(=O)c1cccc(C(=O)OCC(C)=O)c1. The molecule has 0 aromatic heterocycles. The number of rotatable bonds is 8. The van der Waals surface area contributed by atoms with Gasteiger partial charge in [-0.25, -0.2) is 13.2 Å². The lowest BCUT2D eigenvalue weighted by atomic mass is 10.2. The maximum absolute atomic E-state index is 13.1. The van der Waals surface area contributed by atoms with E-state index >= 15 is 0 Å². The fourth-order valence-electron chi connectivity index (χ4n) is 2.26. The van der Waals surface area contributed by atoms with Gasteiger partial charge in [-0.15, -0.1) is 6.58 Å². The van der Waals surface area contributed by atoms with Crippen LogP contribution in [0.15, 0.2) is 66.1 Å². The Morgan fingerprint density at radius 3 is 2.52 bits per heavy atom. The Morgan fingerprint density at radius 1 is 1.19 bits per heavy atom. The van der Waals surface area contributed by atoms with Gasteiger partial charge in [0.2, 0.25) is 0 Å². The summed E-state index contributed by atoms with van der Waals surface area (Å²) in [4.78, 5) is 22.9. The molecule has 6 nitrogen and oxygen atoms in total. The van der Waals surface area contributed by atoms with E-state index in [9.17, 15) is 18.0 Å². The van der Waals surface area contributed by atoms with Crippen molar-refractivity contribution in [1.82, 2.24) is 0 Å². The van der Waals surface area contributed by atoms with Crippen LogP contribution in [-0.2, 0) is 19.6 Å². The molecule has 0 spiro atoms. The fourth-order valence-corrected chi connectivity index (χ4v) is 4.05. The van der Waals surface area contributed by atoms with Crippen molar-refractivity contribution in [1.29, 1.82) is 0 Å². The molecule has 27 heavy (non-hydrogen) atoms. The number of sulfonamides is 1. The zero-order chi connectivity index (χ0) is 20.0. The highest BCUT2D eigenvalue weighted by Crippen LogP contribution is 2.30. The first kappa shape index (κ1) is 20.7. The first-order chi connectivity index (χ1) is 12.8. The number of nitrogens with zero attached hydrogens (tertiary/aromatic N) is 1. The average molecular weight is 408 g/mol. The minimum atomic E-state index is -4.02. The molecule has 2 rings (SSSR count). The van der Waals surface area contributed by atoms with Crippen molar-refractivity contribution in [2.45, 2.75) is 11.8 Å². The Bertz CT molecular complexity index is 972. The van der Waals surface area contributed by atoms with Crippen LogP contribution in [0, 0.1) is 0 Å². The van der Waals surface area contributed by atoms with E-state index < -0.39 is 16.0 Å². The second kappa shape index (κ2) is 8.83.